The van der Waals surface area contributed by atoms with Crippen LogP contribution in [0.1, 0.15) is 19.3 Å². The lowest BCUT2D eigenvalue weighted by Gasteiger charge is -2.25. The standard InChI is InChI=1S/C7H11NO2/c9-6-2-1-5-4-8-10-7(5)3-6/h4-7,9H,1-3H2. The summed E-state index contributed by atoms with van der Waals surface area (Å²) in [5.41, 5.74) is 0. The van der Waals surface area contributed by atoms with Gasteiger partial charge in [-0.3, -0.25) is 0 Å². The van der Waals surface area contributed by atoms with Gasteiger partial charge in [0.15, 0.2) is 0 Å². The average molecular weight is 141 g/mol. The van der Waals surface area contributed by atoms with Crippen LogP contribution in [0, 0.1) is 5.92 Å². The minimum atomic E-state index is -0.164. The Balaban J connectivity index is 2.01. The number of hydrogen-bond acceptors (Lipinski definition) is 3. The zero-order valence-electron chi connectivity index (χ0n) is 5.73. The molecule has 0 saturated heterocycles. The summed E-state index contributed by atoms with van der Waals surface area (Å²) in [6.07, 6.45) is 4.54. The first-order chi connectivity index (χ1) is 4.86. The molecule has 3 heteroatoms. The van der Waals surface area contributed by atoms with Crippen LogP contribution >= 0.6 is 0 Å². The molecule has 10 heavy (non-hydrogen) atoms. The molecule has 56 valence electrons. The Morgan fingerprint density at radius 3 is 3.30 bits per heavy atom. The normalized spacial score (nSPS) is 44.7. The van der Waals surface area contributed by atoms with Gasteiger partial charge in [-0.05, 0) is 12.8 Å². The second-order valence-electron chi connectivity index (χ2n) is 3.03. The Morgan fingerprint density at radius 1 is 1.50 bits per heavy atom. The summed E-state index contributed by atoms with van der Waals surface area (Å²) >= 11 is 0. The summed E-state index contributed by atoms with van der Waals surface area (Å²) in [6, 6.07) is 0. The topological polar surface area (TPSA) is 41.8 Å². The summed E-state index contributed by atoms with van der Waals surface area (Å²) in [6.45, 7) is 0. The molecule has 2 aliphatic rings. The van der Waals surface area contributed by atoms with E-state index in [9.17, 15) is 5.11 Å². The smallest absolute Gasteiger partial charge is 0.137 e. The van der Waals surface area contributed by atoms with Gasteiger partial charge in [-0.15, -0.1) is 0 Å². The van der Waals surface area contributed by atoms with Gasteiger partial charge in [0, 0.05) is 12.3 Å². The fourth-order valence-corrected chi connectivity index (χ4v) is 1.61. The fraction of sp³-hybridized carbons (Fsp3) is 0.857. The third kappa shape index (κ3) is 0.904. The molecule has 1 saturated carbocycles. The average Bonchev–Trinajstić information content (AvgIpc) is 2.33. The zero-order valence-corrected chi connectivity index (χ0v) is 5.73. The zero-order chi connectivity index (χ0) is 6.97. The van der Waals surface area contributed by atoms with Crippen LogP contribution in [0.25, 0.3) is 0 Å². The highest BCUT2D eigenvalue weighted by molar-refractivity contribution is 5.62. The quantitative estimate of drug-likeness (QED) is 0.534. The molecule has 0 amide bonds. The van der Waals surface area contributed by atoms with Gasteiger partial charge in [0.2, 0.25) is 0 Å². The monoisotopic (exact) mass is 141 g/mol. The van der Waals surface area contributed by atoms with E-state index in [4.69, 9.17) is 4.84 Å². The van der Waals surface area contributed by atoms with E-state index in [0.29, 0.717) is 5.92 Å². The predicted molar refractivity (Wildman–Crippen MR) is 36.7 cm³/mol. The highest BCUT2D eigenvalue weighted by atomic mass is 16.6. The van der Waals surface area contributed by atoms with Crippen LogP contribution < -0.4 is 0 Å². The molecular weight excluding hydrogens is 130 g/mol. The molecule has 1 N–H and O–H groups in total. The second kappa shape index (κ2) is 2.23. The van der Waals surface area contributed by atoms with Crippen molar-refractivity contribution in [2.75, 3.05) is 0 Å². The first kappa shape index (κ1) is 6.16. The number of rotatable bonds is 0. The fourth-order valence-electron chi connectivity index (χ4n) is 1.61. The first-order valence-electron chi connectivity index (χ1n) is 3.73. The van der Waals surface area contributed by atoms with E-state index in [2.05, 4.69) is 5.16 Å². The molecular formula is C7H11NO2. The Morgan fingerprint density at radius 2 is 2.40 bits per heavy atom. The maximum absolute atomic E-state index is 9.22. The summed E-state index contributed by atoms with van der Waals surface area (Å²) in [4.78, 5) is 5.04. The third-order valence-electron chi connectivity index (χ3n) is 2.26. The van der Waals surface area contributed by atoms with Crippen molar-refractivity contribution < 1.29 is 9.94 Å². The minimum absolute atomic E-state index is 0.164. The van der Waals surface area contributed by atoms with Crippen LogP contribution in [0.5, 0.6) is 0 Å². The van der Waals surface area contributed by atoms with E-state index in [1.165, 1.54) is 0 Å². The molecule has 0 radical (unpaired) electrons. The van der Waals surface area contributed by atoms with Gasteiger partial charge in [-0.1, -0.05) is 5.16 Å². The van der Waals surface area contributed by atoms with E-state index in [0.717, 1.165) is 19.3 Å². The van der Waals surface area contributed by atoms with Crippen LogP contribution in [-0.2, 0) is 4.84 Å². The molecule has 1 heterocycles. The van der Waals surface area contributed by atoms with Crippen LogP contribution in [0.15, 0.2) is 5.16 Å². The predicted octanol–water partition coefficient (Wildman–Crippen LogP) is 0.532. The Bertz CT molecular complexity index is 158. The summed E-state index contributed by atoms with van der Waals surface area (Å²) in [7, 11) is 0. The molecule has 0 bridgehead atoms. The van der Waals surface area contributed by atoms with E-state index in [1.807, 2.05) is 6.21 Å². The number of nitrogens with zero attached hydrogens (tertiary/aromatic N) is 1. The Kier molecular flexibility index (Phi) is 1.38. The number of hydrogen-bond donors (Lipinski definition) is 1. The van der Waals surface area contributed by atoms with Gasteiger partial charge in [-0.2, -0.15) is 0 Å². The molecule has 0 aromatic rings. The SMILES string of the molecule is OC1CCC2C=NOC2C1. The lowest BCUT2D eigenvalue weighted by Crippen LogP contribution is -2.30. The molecule has 1 aliphatic carbocycles. The number of fused-ring (bicyclic) bond motifs is 1. The van der Waals surface area contributed by atoms with Crippen molar-refractivity contribution >= 4 is 6.21 Å². The van der Waals surface area contributed by atoms with Crippen LogP contribution in [0.3, 0.4) is 0 Å². The van der Waals surface area contributed by atoms with Gasteiger partial charge >= 0.3 is 0 Å². The van der Waals surface area contributed by atoms with Crippen molar-refractivity contribution in [2.24, 2.45) is 11.1 Å². The van der Waals surface area contributed by atoms with Gasteiger partial charge < -0.3 is 9.94 Å². The van der Waals surface area contributed by atoms with Crippen molar-refractivity contribution in [2.45, 2.75) is 31.5 Å². The molecule has 0 aromatic carbocycles. The lowest BCUT2D eigenvalue weighted by atomic mass is 9.86. The van der Waals surface area contributed by atoms with Crippen LogP contribution in [0.2, 0.25) is 0 Å². The van der Waals surface area contributed by atoms with Crippen molar-refractivity contribution in [1.82, 2.24) is 0 Å². The van der Waals surface area contributed by atoms with E-state index in [1.54, 1.807) is 0 Å². The maximum atomic E-state index is 9.22. The highest BCUT2D eigenvalue weighted by Gasteiger charge is 2.33. The van der Waals surface area contributed by atoms with Crippen LogP contribution in [-0.4, -0.2) is 23.5 Å². The molecule has 0 spiro atoms. The van der Waals surface area contributed by atoms with E-state index in [-0.39, 0.29) is 12.2 Å². The lowest BCUT2D eigenvalue weighted by molar-refractivity contribution is -0.00943. The van der Waals surface area contributed by atoms with Gasteiger partial charge in [0.25, 0.3) is 0 Å². The summed E-state index contributed by atoms with van der Waals surface area (Å²) in [5.74, 6) is 0.475. The number of aliphatic hydroxyl groups excluding tert-OH is 1. The molecule has 1 fully saturated rings. The van der Waals surface area contributed by atoms with E-state index < -0.39 is 0 Å². The van der Waals surface area contributed by atoms with Crippen molar-refractivity contribution in [3.05, 3.63) is 0 Å². The number of aliphatic hydroxyl groups is 1. The van der Waals surface area contributed by atoms with Crippen molar-refractivity contribution in [1.29, 1.82) is 0 Å². The second-order valence-corrected chi connectivity index (χ2v) is 3.03. The summed E-state index contributed by atoms with van der Waals surface area (Å²) in [5, 5.41) is 12.9. The Labute approximate surface area is 59.7 Å². The van der Waals surface area contributed by atoms with Gasteiger partial charge in [-0.25, -0.2) is 0 Å². The van der Waals surface area contributed by atoms with Gasteiger partial charge in [0.05, 0.1) is 12.3 Å². The first-order valence-corrected chi connectivity index (χ1v) is 3.73. The third-order valence-corrected chi connectivity index (χ3v) is 2.26. The van der Waals surface area contributed by atoms with Crippen LogP contribution in [0.4, 0.5) is 0 Å². The van der Waals surface area contributed by atoms with Crippen molar-refractivity contribution in [3.63, 3.8) is 0 Å². The number of oxime groups is 1. The maximum Gasteiger partial charge on any atom is 0.137 e. The molecule has 1 aliphatic heterocycles. The van der Waals surface area contributed by atoms with Crippen molar-refractivity contribution in [3.8, 4) is 0 Å². The minimum Gasteiger partial charge on any atom is -0.393 e. The molecule has 3 nitrogen and oxygen atoms in total. The molecule has 2 rings (SSSR count). The summed E-state index contributed by atoms with van der Waals surface area (Å²) < 4.78 is 0. The highest BCUT2D eigenvalue weighted by Crippen LogP contribution is 2.29. The molecule has 3 unspecified atom stereocenters. The molecule has 3 atom stereocenters. The molecule has 0 aromatic heterocycles. The van der Waals surface area contributed by atoms with Gasteiger partial charge in [0.1, 0.15) is 6.10 Å². The van der Waals surface area contributed by atoms with E-state index >= 15 is 0 Å². The Hall–Kier alpha value is -0.570. The largest absolute Gasteiger partial charge is 0.393 e.